The number of carbonyl (C=O) groups excluding carboxylic acids is 9. The van der Waals surface area contributed by atoms with Crippen molar-refractivity contribution in [3.8, 4) is 0 Å². The first-order valence-corrected chi connectivity index (χ1v) is 23.6. The van der Waals surface area contributed by atoms with Gasteiger partial charge in [0.1, 0.15) is 42.3 Å². The molecule has 0 spiro atoms. The number of carboxylic acid groups (broad SMARTS) is 2. The van der Waals surface area contributed by atoms with Gasteiger partial charge in [0.25, 0.3) is 0 Å². The number of hydrogen-bond acceptors (Lipinski definition) is 14. The van der Waals surface area contributed by atoms with E-state index in [2.05, 4.69) is 42.5 Å². The third-order valence-electron chi connectivity index (χ3n) is 11.0. The number of carbonyl (C=O) groups is 11. The first kappa shape index (κ1) is 62.3. The van der Waals surface area contributed by atoms with Crippen molar-refractivity contribution in [1.29, 1.82) is 0 Å². The summed E-state index contributed by atoms with van der Waals surface area (Å²) in [6.45, 7) is 9.07. The van der Waals surface area contributed by atoms with E-state index in [1.165, 1.54) is 0 Å². The number of nitrogens with two attached hydrogens (primary N) is 3. The molecule has 0 fully saturated rings. The molecule has 71 heavy (non-hydrogen) atoms. The molecule has 0 saturated heterocycles. The molecule has 1 rings (SSSR count). The lowest BCUT2D eigenvalue weighted by Crippen LogP contribution is -2.60. The maximum atomic E-state index is 14.0. The van der Waals surface area contributed by atoms with Crippen molar-refractivity contribution >= 4 is 65.1 Å². The van der Waals surface area contributed by atoms with E-state index in [1.807, 2.05) is 0 Å². The van der Waals surface area contributed by atoms with Gasteiger partial charge in [-0.2, -0.15) is 0 Å². The Morgan fingerprint density at radius 2 is 1.10 bits per heavy atom. The van der Waals surface area contributed by atoms with Crippen LogP contribution in [0.2, 0.25) is 0 Å². The summed E-state index contributed by atoms with van der Waals surface area (Å²) >= 11 is 0. The van der Waals surface area contributed by atoms with Gasteiger partial charge >= 0.3 is 11.9 Å². The second-order valence-corrected chi connectivity index (χ2v) is 18.1. The van der Waals surface area contributed by atoms with Gasteiger partial charge in [0.15, 0.2) is 0 Å². The van der Waals surface area contributed by atoms with Gasteiger partial charge in [-0.3, -0.25) is 47.9 Å². The lowest BCUT2D eigenvalue weighted by Gasteiger charge is -2.28. The van der Waals surface area contributed by atoms with E-state index >= 15 is 0 Å². The van der Waals surface area contributed by atoms with Crippen LogP contribution in [0.1, 0.15) is 98.5 Å². The number of hydrogen-bond donors (Lipinski definition) is 14. The van der Waals surface area contributed by atoms with Crippen LogP contribution < -0.4 is 59.7 Å². The fourth-order valence-corrected chi connectivity index (χ4v) is 6.95. The van der Waals surface area contributed by atoms with Crippen molar-refractivity contribution < 1.29 is 68.1 Å². The molecule has 17 N–H and O–H groups in total. The van der Waals surface area contributed by atoms with Gasteiger partial charge < -0.3 is 75.1 Å². The molecule has 0 heterocycles. The number of unbranched alkanes of at least 4 members (excludes halogenated alkanes) is 1. The van der Waals surface area contributed by atoms with Crippen molar-refractivity contribution in [2.75, 3.05) is 19.7 Å². The molecule has 0 aromatic heterocycles. The number of amides is 9. The highest BCUT2D eigenvalue weighted by molar-refractivity contribution is 5.98. The third-order valence-corrected chi connectivity index (χ3v) is 11.0. The summed E-state index contributed by atoms with van der Waals surface area (Å²) in [7, 11) is 0. The van der Waals surface area contributed by atoms with Crippen LogP contribution in [0.25, 0.3) is 0 Å². The Bertz CT molecular complexity index is 1970. The van der Waals surface area contributed by atoms with Crippen molar-refractivity contribution in [1.82, 2.24) is 42.5 Å². The normalized spacial score (nSPS) is 14.9. The average Bonchev–Trinajstić information content (AvgIpc) is 3.29. The maximum absolute atomic E-state index is 14.0. The van der Waals surface area contributed by atoms with Gasteiger partial charge in [-0.25, -0.2) is 4.79 Å². The Hall–Kier alpha value is -6.73. The third kappa shape index (κ3) is 24.1. The average molecular weight is 1010 g/mol. The molecule has 398 valence electrons. The molecule has 25 nitrogen and oxygen atoms in total. The van der Waals surface area contributed by atoms with Crippen molar-refractivity contribution in [2.45, 2.75) is 148 Å². The Balaban J connectivity index is 3.33. The highest BCUT2D eigenvalue weighted by atomic mass is 16.4. The number of rotatable bonds is 34. The van der Waals surface area contributed by atoms with E-state index in [0.29, 0.717) is 24.8 Å². The van der Waals surface area contributed by atoms with E-state index in [1.54, 1.807) is 71.9 Å². The second-order valence-electron chi connectivity index (χ2n) is 18.1. The van der Waals surface area contributed by atoms with Gasteiger partial charge in [0.05, 0.1) is 32.0 Å². The van der Waals surface area contributed by atoms with E-state index in [0.717, 1.165) is 0 Å². The molecule has 0 aliphatic rings. The van der Waals surface area contributed by atoms with Gasteiger partial charge in [0, 0.05) is 6.42 Å². The molecule has 25 heteroatoms. The maximum Gasteiger partial charge on any atom is 0.328 e. The molecule has 1 aromatic rings. The topological polar surface area (TPSA) is 423 Å². The molecule has 9 atom stereocenters. The highest BCUT2D eigenvalue weighted by Gasteiger charge is 2.35. The first-order chi connectivity index (χ1) is 33.3. The van der Waals surface area contributed by atoms with Gasteiger partial charge in [0.2, 0.25) is 53.2 Å². The molecule has 0 aliphatic carbocycles. The van der Waals surface area contributed by atoms with Crippen LogP contribution in [0.15, 0.2) is 30.3 Å². The largest absolute Gasteiger partial charge is 0.481 e. The fraction of sp³-hybridized carbons (Fsp3) is 0.630. The predicted molar refractivity (Wildman–Crippen MR) is 257 cm³/mol. The van der Waals surface area contributed by atoms with E-state index in [-0.39, 0.29) is 44.1 Å². The van der Waals surface area contributed by atoms with E-state index < -0.39 is 145 Å². The summed E-state index contributed by atoms with van der Waals surface area (Å²) in [6, 6.07) is -2.78. The summed E-state index contributed by atoms with van der Waals surface area (Å²) in [6.07, 6.45) is -0.343. The van der Waals surface area contributed by atoms with Crippen LogP contribution in [-0.2, 0) is 59.2 Å². The second kappa shape index (κ2) is 32.2. The Kier molecular flexibility index (Phi) is 28.3. The van der Waals surface area contributed by atoms with Crippen LogP contribution >= 0.6 is 0 Å². The van der Waals surface area contributed by atoms with Crippen LogP contribution in [-0.4, -0.2) is 148 Å². The monoisotopic (exact) mass is 1010 g/mol. The molecule has 0 aliphatic heterocycles. The summed E-state index contributed by atoms with van der Waals surface area (Å²) in [5, 5.41) is 48.1. The molecular formula is C46H75N11O14. The van der Waals surface area contributed by atoms with Gasteiger partial charge in [-0.05, 0) is 62.0 Å². The van der Waals surface area contributed by atoms with E-state index in [9.17, 15) is 68.1 Å². The highest BCUT2D eigenvalue weighted by Crippen LogP contribution is 2.13. The predicted octanol–water partition coefficient (Wildman–Crippen LogP) is -3.24. The quantitative estimate of drug-likeness (QED) is 0.0302. The van der Waals surface area contributed by atoms with Gasteiger partial charge in [-0.1, -0.05) is 78.3 Å². The Morgan fingerprint density at radius 3 is 1.61 bits per heavy atom. The zero-order valence-electron chi connectivity index (χ0n) is 41.3. The number of benzene rings is 1. The number of carboxylic acids is 2. The summed E-state index contributed by atoms with van der Waals surface area (Å²) < 4.78 is 0. The summed E-state index contributed by atoms with van der Waals surface area (Å²) in [4.78, 5) is 143. The fourth-order valence-electron chi connectivity index (χ4n) is 6.95. The minimum atomic E-state index is -1.73. The summed E-state index contributed by atoms with van der Waals surface area (Å²) in [5.41, 5.74) is 17.0. The van der Waals surface area contributed by atoms with E-state index in [4.69, 9.17) is 17.2 Å². The first-order valence-electron chi connectivity index (χ1n) is 23.6. The SMILES string of the molecule is CC[C@H](C)[C@H](NC(=O)[C@H](Cc1ccccc1)NC(=O)[C@H](CC(C)C)NC(=O)CNC(=O)[C@H](CCCCN)NC(=O)[C@H](CC(C)C)NC(=O)[C@H](CC(=O)O)NC(=O)[C@@H](N)CC(N)=O)C(=O)N[C@@H](CO)C(=O)O. The van der Waals surface area contributed by atoms with Crippen molar-refractivity contribution in [3.05, 3.63) is 35.9 Å². The molecule has 1 aromatic carbocycles. The molecule has 9 amide bonds. The zero-order chi connectivity index (χ0) is 54.0. The number of aliphatic carboxylic acids is 2. The standard InChI is InChI=1S/C46H75N11O14/c1-7-26(6)38(45(69)56-34(23-58)46(70)71)57-44(68)32(19-27-13-9-8-10-14-27)55-41(65)30(17-24(2)3)51-36(60)22-50-40(64)29(15-11-12-16-47)52-42(66)31(18-25(4)5)54-43(67)33(21-37(61)62)53-39(63)28(48)20-35(49)59/h8-10,13-14,24-26,28-34,38,58H,7,11-12,15-23,47-48H2,1-6H3,(H2,49,59)(H,50,64)(H,51,60)(H,52,66)(H,53,63)(H,54,67)(H,55,65)(H,56,69)(H,57,68)(H,61,62)(H,70,71)/t26-,28-,29-,30-,31-,32-,33-,34-,38-/m0/s1. The number of aliphatic hydroxyl groups excluding tert-OH is 1. The minimum Gasteiger partial charge on any atom is -0.481 e. The minimum absolute atomic E-state index is 0.00910. The number of aliphatic hydroxyl groups is 1. The molecule has 0 unspecified atom stereocenters. The van der Waals surface area contributed by atoms with Crippen LogP contribution in [0, 0.1) is 17.8 Å². The van der Waals surface area contributed by atoms with Crippen LogP contribution in [0.4, 0.5) is 0 Å². The summed E-state index contributed by atoms with van der Waals surface area (Å²) in [5.74, 6) is -11.9. The Morgan fingerprint density at radius 1 is 0.592 bits per heavy atom. The molecule has 0 bridgehead atoms. The van der Waals surface area contributed by atoms with Crippen molar-refractivity contribution in [3.63, 3.8) is 0 Å². The smallest absolute Gasteiger partial charge is 0.328 e. The van der Waals surface area contributed by atoms with Crippen LogP contribution in [0.5, 0.6) is 0 Å². The molecule has 0 radical (unpaired) electrons. The van der Waals surface area contributed by atoms with Crippen molar-refractivity contribution in [2.24, 2.45) is 35.0 Å². The number of nitrogens with one attached hydrogen (secondary N) is 8. The van der Waals surface area contributed by atoms with Gasteiger partial charge in [-0.15, -0.1) is 0 Å². The number of primary amides is 1. The zero-order valence-corrected chi connectivity index (χ0v) is 41.3. The Labute approximate surface area is 413 Å². The van der Waals surface area contributed by atoms with Crippen LogP contribution in [0.3, 0.4) is 0 Å². The molecular weight excluding hydrogens is 931 g/mol. The lowest BCUT2D eigenvalue weighted by molar-refractivity contribution is -0.143. The molecule has 0 saturated carbocycles. The lowest BCUT2D eigenvalue weighted by atomic mass is 9.96.